The summed E-state index contributed by atoms with van der Waals surface area (Å²) in [5.74, 6) is -0.385. The smallest absolute Gasteiger partial charge is 0.416 e. The van der Waals surface area contributed by atoms with Crippen LogP contribution in [-0.4, -0.2) is 73.8 Å². The lowest BCUT2D eigenvalue weighted by atomic mass is 9.83. The number of benzene rings is 2. The number of hydrogen-bond donors (Lipinski definition) is 0. The molecule has 3 heterocycles. The highest BCUT2D eigenvalue weighted by molar-refractivity contribution is 5.87. The fourth-order valence-electron chi connectivity index (χ4n) is 6.80. The van der Waals surface area contributed by atoms with Crippen molar-refractivity contribution in [3.8, 4) is 5.75 Å². The molecule has 0 N–H and O–H groups in total. The first-order chi connectivity index (χ1) is 19.5. The number of nitrogens with zero attached hydrogens (tertiary/aromatic N) is 3. The van der Waals surface area contributed by atoms with Crippen LogP contribution < -0.4 is 9.64 Å². The number of methoxy groups -OCH3 is 1. The highest BCUT2D eigenvalue weighted by Gasteiger charge is 2.55. The Kier molecular flexibility index (Phi) is 8.56. The fraction of sp³-hybridized carbons (Fsp3) is 0.594. The van der Waals surface area contributed by atoms with Crippen molar-refractivity contribution < 1.29 is 27.1 Å². The molecule has 9 heteroatoms. The Hall–Kier alpha value is -2.81. The summed E-state index contributed by atoms with van der Waals surface area (Å²) >= 11 is 0. The number of likely N-dealkylation sites (tertiary alicyclic amines) is 2. The fourth-order valence-corrected chi connectivity index (χ4v) is 6.80. The minimum absolute atomic E-state index is 0.0157. The maximum absolute atomic E-state index is 16.9. The van der Waals surface area contributed by atoms with Gasteiger partial charge in [0.2, 0.25) is 5.67 Å². The standard InChI is InChI=1S/C32H41F4N3O2/c1-22(2)39-20-28(24-7-10-26(41-3)11-8-24)31(33,21-39)30(40)38-17-13-23(14-18-38)27-12-9-25(32(34,35)36)19-29(27)37-15-5-4-6-16-37/h7-12,19,22-23,28H,4-6,13-18,20-21H2,1-3H3/t28-,31-/m0/s1. The van der Waals surface area contributed by atoms with E-state index in [2.05, 4.69) is 4.90 Å². The quantitative estimate of drug-likeness (QED) is 0.363. The summed E-state index contributed by atoms with van der Waals surface area (Å²) in [5, 5.41) is 0. The zero-order chi connectivity index (χ0) is 29.4. The molecule has 5 rings (SSSR count). The van der Waals surface area contributed by atoms with E-state index in [1.807, 2.05) is 30.9 Å². The highest BCUT2D eigenvalue weighted by Crippen LogP contribution is 2.44. The van der Waals surface area contributed by atoms with Gasteiger partial charge < -0.3 is 14.5 Å². The molecule has 2 aromatic carbocycles. The molecule has 0 aliphatic carbocycles. The van der Waals surface area contributed by atoms with E-state index in [-0.39, 0.29) is 18.5 Å². The third-order valence-electron chi connectivity index (χ3n) is 9.28. The molecule has 0 spiro atoms. The van der Waals surface area contributed by atoms with Gasteiger partial charge in [-0.3, -0.25) is 9.69 Å². The van der Waals surface area contributed by atoms with Crippen LogP contribution >= 0.6 is 0 Å². The lowest BCUT2D eigenvalue weighted by Gasteiger charge is -2.39. The predicted octanol–water partition coefficient (Wildman–Crippen LogP) is 6.63. The second-order valence-electron chi connectivity index (χ2n) is 12.1. The van der Waals surface area contributed by atoms with Crippen molar-refractivity contribution in [3.05, 3.63) is 59.2 Å². The van der Waals surface area contributed by atoms with Gasteiger partial charge >= 0.3 is 6.18 Å². The first-order valence-corrected chi connectivity index (χ1v) is 14.8. The zero-order valence-corrected chi connectivity index (χ0v) is 24.2. The summed E-state index contributed by atoms with van der Waals surface area (Å²) in [4.78, 5) is 19.6. The van der Waals surface area contributed by atoms with E-state index in [4.69, 9.17) is 4.74 Å². The maximum Gasteiger partial charge on any atom is 0.416 e. The summed E-state index contributed by atoms with van der Waals surface area (Å²) in [6, 6.07) is 11.5. The molecule has 5 nitrogen and oxygen atoms in total. The Bertz CT molecular complexity index is 1200. The number of halogens is 4. The number of ether oxygens (including phenoxy) is 1. The Labute approximate surface area is 240 Å². The lowest BCUT2D eigenvalue weighted by molar-refractivity contribution is -0.145. The molecule has 41 heavy (non-hydrogen) atoms. The molecule has 0 aromatic heterocycles. The molecule has 3 aliphatic heterocycles. The van der Waals surface area contributed by atoms with Crippen LogP contribution in [0.4, 0.5) is 23.2 Å². The van der Waals surface area contributed by atoms with Gasteiger partial charge in [-0.15, -0.1) is 0 Å². The van der Waals surface area contributed by atoms with Crippen molar-refractivity contribution in [1.82, 2.24) is 9.80 Å². The number of hydrogen-bond acceptors (Lipinski definition) is 4. The maximum atomic E-state index is 16.9. The molecular formula is C32H41F4N3O2. The van der Waals surface area contributed by atoms with Crippen LogP contribution in [0, 0.1) is 0 Å². The minimum Gasteiger partial charge on any atom is -0.497 e. The SMILES string of the molecule is COc1ccc([C@@H]2CN(C(C)C)C[C@@]2(F)C(=O)N2CCC(c3ccc(C(F)(F)F)cc3N3CCCCC3)CC2)cc1. The van der Waals surface area contributed by atoms with Gasteiger partial charge in [0.05, 0.1) is 12.7 Å². The molecule has 3 aliphatic rings. The number of piperidine rings is 2. The molecule has 2 atom stereocenters. The van der Waals surface area contributed by atoms with Gasteiger partial charge in [-0.25, -0.2) is 4.39 Å². The molecule has 224 valence electrons. The predicted molar refractivity (Wildman–Crippen MR) is 152 cm³/mol. The van der Waals surface area contributed by atoms with Gasteiger partial charge in [0.15, 0.2) is 0 Å². The third-order valence-corrected chi connectivity index (χ3v) is 9.28. The molecule has 3 fully saturated rings. The van der Waals surface area contributed by atoms with Crippen molar-refractivity contribution in [2.75, 3.05) is 51.3 Å². The second kappa shape index (κ2) is 11.8. The van der Waals surface area contributed by atoms with Crippen LogP contribution in [0.5, 0.6) is 5.75 Å². The van der Waals surface area contributed by atoms with Crippen LogP contribution in [0.3, 0.4) is 0 Å². The van der Waals surface area contributed by atoms with E-state index in [0.29, 0.717) is 43.9 Å². The number of amides is 1. The molecule has 0 unspecified atom stereocenters. The topological polar surface area (TPSA) is 36.0 Å². The van der Waals surface area contributed by atoms with Gasteiger partial charge in [0.1, 0.15) is 5.75 Å². The molecule has 2 aromatic rings. The van der Waals surface area contributed by atoms with Crippen LogP contribution in [-0.2, 0) is 11.0 Å². The summed E-state index contributed by atoms with van der Waals surface area (Å²) in [6.45, 7) is 6.77. The van der Waals surface area contributed by atoms with Crippen LogP contribution in [0.25, 0.3) is 0 Å². The van der Waals surface area contributed by atoms with Gasteiger partial charge in [-0.05, 0) is 87.3 Å². The third kappa shape index (κ3) is 6.06. The van der Waals surface area contributed by atoms with E-state index >= 15 is 4.39 Å². The Morgan fingerprint density at radius 3 is 2.22 bits per heavy atom. The number of carbonyl (C=O) groups is 1. The van der Waals surface area contributed by atoms with Gasteiger partial charge in [-0.1, -0.05) is 18.2 Å². The largest absolute Gasteiger partial charge is 0.497 e. The van der Waals surface area contributed by atoms with E-state index in [0.717, 1.165) is 43.5 Å². The summed E-state index contributed by atoms with van der Waals surface area (Å²) < 4.78 is 63.0. The molecule has 0 saturated carbocycles. The Morgan fingerprint density at radius 1 is 0.976 bits per heavy atom. The first kappa shape index (κ1) is 29.7. The van der Waals surface area contributed by atoms with Crippen molar-refractivity contribution in [3.63, 3.8) is 0 Å². The summed E-state index contributed by atoms with van der Waals surface area (Å²) in [7, 11) is 1.58. The minimum atomic E-state index is -4.40. The molecule has 3 saturated heterocycles. The van der Waals surface area contributed by atoms with Crippen molar-refractivity contribution in [1.29, 1.82) is 0 Å². The number of carbonyl (C=O) groups excluding carboxylic acids is 1. The number of anilines is 1. The van der Waals surface area contributed by atoms with E-state index < -0.39 is 29.2 Å². The lowest BCUT2D eigenvalue weighted by Crippen LogP contribution is -2.52. The summed E-state index contributed by atoms with van der Waals surface area (Å²) in [5.41, 5.74) is -0.344. The van der Waals surface area contributed by atoms with Gasteiger partial charge in [0, 0.05) is 56.9 Å². The van der Waals surface area contributed by atoms with Crippen molar-refractivity contribution in [2.24, 2.45) is 0 Å². The number of alkyl halides is 4. The van der Waals surface area contributed by atoms with Crippen molar-refractivity contribution in [2.45, 2.75) is 75.7 Å². The average Bonchev–Trinajstić information content (AvgIpc) is 3.35. The van der Waals surface area contributed by atoms with E-state index in [1.54, 1.807) is 30.2 Å². The zero-order valence-electron chi connectivity index (χ0n) is 24.2. The molecule has 1 amide bonds. The Morgan fingerprint density at radius 2 is 1.63 bits per heavy atom. The molecule has 0 bridgehead atoms. The van der Waals surface area contributed by atoms with Crippen LogP contribution in [0.15, 0.2) is 42.5 Å². The van der Waals surface area contributed by atoms with Gasteiger partial charge in [-0.2, -0.15) is 13.2 Å². The molecular weight excluding hydrogens is 534 g/mol. The average molecular weight is 576 g/mol. The van der Waals surface area contributed by atoms with Crippen LogP contribution in [0.2, 0.25) is 0 Å². The van der Waals surface area contributed by atoms with Gasteiger partial charge in [0.25, 0.3) is 5.91 Å². The number of rotatable bonds is 6. The van der Waals surface area contributed by atoms with E-state index in [1.165, 1.54) is 12.1 Å². The monoisotopic (exact) mass is 575 g/mol. The second-order valence-corrected chi connectivity index (χ2v) is 12.1. The summed E-state index contributed by atoms with van der Waals surface area (Å²) in [6.07, 6.45) is -0.208. The molecule has 0 radical (unpaired) electrons. The normalized spacial score (nSPS) is 24.7. The Balaban J connectivity index is 1.35. The van der Waals surface area contributed by atoms with Crippen LogP contribution in [0.1, 0.15) is 74.5 Å². The van der Waals surface area contributed by atoms with E-state index in [9.17, 15) is 18.0 Å². The first-order valence-electron chi connectivity index (χ1n) is 14.8. The van der Waals surface area contributed by atoms with Crippen molar-refractivity contribution >= 4 is 11.6 Å². The highest BCUT2D eigenvalue weighted by atomic mass is 19.4.